The minimum absolute atomic E-state index is 0.0486. The number of nitrogens with zero attached hydrogens (tertiary/aromatic N) is 1. The lowest BCUT2D eigenvalue weighted by Crippen LogP contribution is -2.38. The van der Waals surface area contributed by atoms with Gasteiger partial charge in [-0.1, -0.05) is 26.8 Å². The molecule has 0 bridgehead atoms. The van der Waals surface area contributed by atoms with Crippen LogP contribution in [-0.4, -0.2) is 30.1 Å². The number of hydrogen-bond donors (Lipinski definition) is 0. The molecule has 4 heteroatoms. The molecule has 0 radical (unpaired) electrons. The molecule has 0 N–H and O–H groups in total. The summed E-state index contributed by atoms with van der Waals surface area (Å²) in [6.07, 6.45) is 2.55. The van der Waals surface area contributed by atoms with Gasteiger partial charge in [0.25, 0.3) is 0 Å². The van der Waals surface area contributed by atoms with Crippen molar-refractivity contribution in [2.45, 2.75) is 33.6 Å². The minimum Gasteiger partial charge on any atom is -0.447 e. The van der Waals surface area contributed by atoms with Crippen molar-refractivity contribution in [3.05, 3.63) is 12.7 Å². The molecule has 1 aliphatic rings. The first-order valence-corrected chi connectivity index (χ1v) is 5.94. The van der Waals surface area contributed by atoms with Gasteiger partial charge in [-0.25, -0.2) is 9.69 Å². The third kappa shape index (κ3) is 3.88. The zero-order valence-corrected chi connectivity index (χ0v) is 10.9. The Morgan fingerprint density at radius 3 is 2.65 bits per heavy atom. The normalized spacial score (nSPS) is 17.8. The maximum absolute atomic E-state index is 12.2. The first-order chi connectivity index (χ1) is 7.85. The summed E-state index contributed by atoms with van der Waals surface area (Å²) in [5.41, 5.74) is 0.0486. The molecule has 2 amide bonds. The summed E-state index contributed by atoms with van der Waals surface area (Å²) in [6, 6.07) is 0. The molecule has 0 aromatic heterocycles. The lowest BCUT2D eigenvalue weighted by Gasteiger charge is -2.26. The summed E-state index contributed by atoms with van der Waals surface area (Å²) in [5.74, 6) is -0.319. The monoisotopic (exact) mass is 239 g/mol. The number of carbonyl (C=O) groups is 2. The van der Waals surface area contributed by atoms with Crippen molar-refractivity contribution in [3.8, 4) is 0 Å². The van der Waals surface area contributed by atoms with Gasteiger partial charge in [0.1, 0.15) is 6.61 Å². The maximum Gasteiger partial charge on any atom is 0.416 e. The van der Waals surface area contributed by atoms with Crippen LogP contribution in [0.5, 0.6) is 0 Å². The van der Waals surface area contributed by atoms with E-state index in [0.717, 1.165) is 6.42 Å². The number of hydrogen-bond acceptors (Lipinski definition) is 3. The fourth-order valence-corrected chi connectivity index (χ4v) is 2.03. The zero-order valence-electron chi connectivity index (χ0n) is 10.9. The van der Waals surface area contributed by atoms with Gasteiger partial charge < -0.3 is 4.74 Å². The standard InChI is InChI=1S/C13H21NO3/c1-5-6-10(9-13(2,3)4)11(15)14-7-8-17-12(14)16/h5,10H,1,6-9H2,2-4H3/t10-/m1/s1. The van der Waals surface area contributed by atoms with E-state index in [2.05, 4.69) is 27.4 Å². The fourth-order valence-electron chi connectivity index (χ4n) is 2.03. The van der Waals surface area contributed by atoms with Crippen LogP contribution in [0.4, 0.5) is 4.79 Å². The number of cyclic esters (lactones) is 1. The van der Waals surface area contributed by atoms with E-state index >= 15 is 0 Å². The molecule has 0 aliphatic carbocycles. The molecule has 1 heterocycles. The second-order valence-electron chi connectivity index (χ2n) is 5.59. The van der Waals surface area contributed by atoms with Crippen molar-refractivity contribution in [3.63, 3.8) is 0 Å². The molecule has 96 valence electrons. The van der Waals surface area contributed by atoms with Crippen molar-refractivity contribution in [2.75, 3.05) is 13.2 Å². The number of amides is 2. The summed E-state index contributed by atoms with van der Waals surface area (Å²) >= 11 is 0. The third-order valence-electron chi connectivity index (χ3n) is 2.69. The molecule has 0 saturated carbocycles. The van der Waals surface area contributed by atoms with Crippen molar-refractivity contribution in [1.29, 1.82) is 0 Å². The highest BCUT2D eigenvalue weighted by atomic mass is 16.6. The van der Waals surface area contributed by atoms with E-state index in [1.807, 2.05) is 0 Å². The Labute approximate surface area is 103 Å². The lowest BCUT2D eigenvalue weighted by atomic mass is 9.82. The number of ether oxygens (including phenoxy) is 1. The van der Waals surface area contributed by atoms with E-state index in [1.165, 1.54) is 4.90 Å². The van der Waals surface area contributed by atoms with E-state index in [4.69, 9.17) is 4.74 Å². The summed E-state index contributed by atoms with van der Waals surface area (Å²) in [5, 5.41) is 0. The molecule has 0 unspecified atom stereocenters. The molecule has 17 heavy (non-hydrogen) atoms. The van der Waals surface area contributed by atoms with Gasteiger partial charge in [-0.05, 0) is 18.3 Å². The van der Waals surface area contributed by atoms with Crippen LogP contribution >= 0.6 is 0 Å². The molecule has 4 nitrogen and oxygen atoms in total. The number of carbonyl (C=O) groups excluding carboxylic acids is 2. The summed E-state index contributed by atoms with van der Waals surface area (Å²) in [4.78, 5) is 24.8. The van der Waals surface area contributed by atoms with E-state index in [-0.39, 0.29) is 17.2 Å². The lowest BCUT2D eigenvalue weighted by molar-refractivity contribution is -0.132. The van der Waals surface area contributed by atoms with Gasteiger partial charge >= 0.3 is 6.09 Å². The number of rotatable bonds is 4. The van der Waals surface area contributed by atoms with Crippen LogP contribution in [0.3, 0.4) is 0 Å². The van der Waals surface area contributed by atoms with E-state index in [0.29, 0.717) is 19.6 Å². The van der Waals surface area contributed by atoms with Crippen LogP contribution in [0.1, 0.15) is 33.6 Å². The predicted octanol–water partition coefficient (Wildman–Crippen LogP) is 2.59. The average molecular weight is 239 g/mol. The second kappa shape index (κ2) is 5.34. The quantitative estimate of drug-likeness (QED) is 0.708. The van der Waals surface area contributed by atoms with E-state index in [9.17, 15) is 9.59 Å². The van der Waals surface area contributed by atoms with Crippen molar-refractivity contribution in [2.24, 2.45) is 11.3 Å². The Kier molecular flexibility index (Phi) is 4.32. The number of allylic oxidation sites excluding steroid dienone is 1. The van der Waals surface area contributed by atoms with Crippen LogP contribution in [0, 0.1) is 11.3 Å². The summed E-state index contributed by atoms with van der Waals surface area (Å²) in [7, 11) is 0. The molecule has 1 rings (SSSR count). The Bertz CT molecular complexity index is 317. The van der Waals surface area contributed by atoms with E-state index < -0.39 is 6.09 Å². The van der Waals surface area contributed by atoms with Gasteiger partial charge in [-0.3, -0.25) is 4.79 Å². The molecule has 0 spiro atoms. The number of imide groups is 1. The first-order valence-electron chi connectivity index (χ1n) is 5.94. The van der Waals surface area contributed by atoms with Gasteiger partial charge in [-0.15, -0.1) is 6.58 Å². The van der Waals surface area contributed by atoms with Crippen LogP contribution < -0.4 is 0 Å². The van der Waals surface area contributed by atoms with Crippen molar-refractivity contribution < 1.29 is 14.3 Å². The fraction of sp³-hybridized carbons (Fsp3) is 0.692. The van der Waals surface area contributed by atoms with Gasteiger partial charge in [0.2, 0.25) is 5.91 Å². The highest BCUT2D eigenvalue weighted by Crippen LogP contribution is 2.28. The molecule has 0 aromatic rings. The Hall–Kier alpha value is -1.32. The topological polar surface area (TPSA) is 46.6 Å². The highest BCUT2D eigenvalue weighted by Gasteiger charge is 2.34. The van der Waals surface area contributed by atoms with Gasteiger partial charge in [0.05, 0.1) is 6.54 Å². The summed E-state index contributed by atoms with van der Waals surface area (Å²) < 4.78 is 4.79. The van der Waals surface area contributed by atoms with Crippen molar-refractivity contribution >= 4 is 12.0 Å². The predicted molar refractivity (Wildman–Crippen MR) is 65.4 cm³/mol. The molecule has 1 saturated heterocycles. The third-order valence-corrected chi connectivity index (χ3v) is 2.69. The van der Waals surface area contributed by atoms with Crippen molar-refractivity contribution in [1.82, 2.24) is 4.90 Å². The Morgan fingerprint density at radius 2 is 2.24 bits per heavy atom. The van der Waals surface area contributed by atoms with E-state index in [1.54, 1.807) is 6.08 Å². The molecule has 1 aliphatic heterocycles. The van der Waals surface area contributed by atoms with Gasteiger partial charge in [0, 0.05) is 5.92 Å². The molecule has 1 fully saturated rings. The largest absolute Gasteiger partial charge is 0.447 e. The highest BCUT2D eigenvalue weighted by molar-refractivity contribution is 5.94. The van der Waals surface area contributed by atoms with Crippen LogP contribution in [0.15, 0.2) is 12.7 Å². The molecular weight excluding hydrogens is 218 g/mol. The zero-order chi connectivity index (χ0) is 13.1. The average Bonchev–Trinajstić information content (AvgIpc) is 2.61. The van der Waals surface area contributed by atoms with Gasteiger partial charge in [0.15, 0.2) is 0 Å². The SMILES string of the molecule is C=CC[C@H](CC(C)(C)C)C(=O)N1CCOC1=O. The Morgan fingerprint density at radius 1 is 1.59 bits per heavy atom. The van der Waals surface area contributed by atoms with Gasteiger partial charge in [-0.2, -0.15) is 0 Å². The van der Waals surface area contributed by atoms with Crippen LogP contribution in [0.2, 0.25) is 0 Å². The minimum atomic E-state index is -0.516. The molecular formula is C13H21NO3. The first kappa shape index (κ1) is 13.7. The molecule has 0 aromatic carbocycles. The summed E-state index contributed by atoms with van der Waals surface area (Å²) in [6.45, 7) is 10.6. The molecule has 1 atom stereocenters. The van der Waals surface area contributed by atoms with Crippen LogP contribution in [0.25, 0.3) is 0 Å². The Balaban J connectivity index is 2.72. The smallest absolute Gasteiger partial charge is 0.416 e. The maximum atomic E-state index is 12.2. The van der Waals surface area contributed by atoms with Crippen LogP contribution in [-0.2, 0) is 9.53 Å². The second-order valence-corrected chi connectivity index (χ2v) is 5.59.